The lowest BCUT2D eigenvalue weighted by Gasteiger charge is -2.12. The second kappa shape index (κ2) is 4.59. The van der Waals surface area contributed by atoms with E-state index in [1.807, 2.05) is 12.3 Å². The first-order valence-electron chi connectivity index (χ1n) is 6.89. The molecule has 1 fully saturated rings. The lowest BCUT2D eigenvalue weighted by atomic mass is 10.1. The second-order valence-electron chi connectivity index (χ2n) is 5.28. The van der Waals surface area contributed by atoms with Crippen LogP contribution in [0.15, 0.2) is 12.3 Å². The summed E-state index contributed by atoms with van der Waals surface area (Å²) in [5, 5.41) is 4.62. The summed E-state index contributed by atoms with van der Waals surface area (Å²) < 4.78 is 0. The van der Waals surface area contributed by atoms with Gasteiger partial charge in [-0.15, -0.1) is 0 Å². The van der Waals surface area contributed by atoms with Crippen LogP contribution in [0.5, 0.6) is 0 Å². The molecule has 1 atom stereocenters. The molecule has 1 aliphatic carbocycles. The summed E-state index contributed by atoms with van der Waals surface area (Å²) in [5.41, 5.74) is 0.950. The Morgan fingerprint density at radius 2 is 2.28 bits per heavy atom. The van der Waals surface area contributed by atoms with Gasteiger partial charge >= 0.3 is 0 Å². The van der Waals surface area contributed by atoms with Gasteiger partial charge in [0.1, 0.15) is 17.3 Å². The van der Waals surface area contributed by atoms with Crippen molar-refractivity contribution in [2.24, 2.45) is 0 Å². The summed E-state index contributed by atoms with van der Waals surface area (Å²) in [6.07, 6.45) is 6.75. The number of hydrogen-bond acceptors (Lipinski definition) is 3. The molecule has 2 heterocycles. The first-order chi connectivity index (χ1) is 8.78. The van der Waals surface area contributed by atoms with Gasteiger partial charge in [-0.2, -0.15) is 0 Å². The average Bonchev–Trinajstić information content (AvgIpc) is 3.04. The first-order valence-corrected chi connectivity index (χ1v) is 6.89. The molecule has 2 N–H and O–H groups in total. The van der Waals surface area contributed by atoms with Crippen molar-refractivity contribution in [2.45, 2.75) is 51.5 Å². The zero-order valence-electron chi connectivity index (χ0n) is 11.0. The van der Waals surface area contributed by atoms with Gasteiger partial charge in [0.25, 0.3) is 0 Å². The van der Waals surface area contributed by atoms with E-state index in [-0.39, 0.29) is 0 Å². The highest BCUT2D eigenvalue weighted by Gasteiger charge is 2.23. The molecule has 0 spiro atoms. The minimum Gasteiger partial charge on any atom is -0.367 e. The van der Waals surface area contributed by atoms with Gasteiger partial charge in [0.15, 0.2) is 0 Å². The molecule has 96 valence electrons. The van der Waals surface area contributed by atoms with Crippen LogP contribution in [-0.4, -0.2) is 21.0 Å². The fourth-order valence-corrected chi connectivity index (χ4v) is 2.27. The van der Waals surface area contributed by atoms with Crippen LogP contribution in [0.1, 0.15) is 51.3 Å². The third kappa shape index (κ3) is 2.19. The third-order valence-corrected chi connectivity index (χ3v) is 3.51. The van der Waals surface area contributed by atoms with Crippen LogP contribution in [0.25, 0.3) is 11.0 Å². The molecule has 0 bridgehead atoms. The van der Waals surface area contributed by atoms with Crippen molar-refractivity contribution >= 4 is 16.9 Å². The molecule has 0 saturated heterocycles. The maximum absolute atomic E-state index is 4.73. The fourth-order valence-electron chi connectivity index (χ4n) is 2.27. The molecule has 0 radical (unpaired) electrons. The van der Waals surface area contributed by atoms with Crippen molar-refractivity contribution in [1.82, 2.24) is 15.0 Å². The molecule has 0 amide bonds. The van der Waals surface area contributed by atoms with Gasteiger partial charge in [0.05, 0.1) is 5.39 Å². The molecular weight excluding hydrogens is 224 g/mol. The molecule has 18 heavy (non-hydrogen) atoms. The number of nitrogens with zero attached hydrogens (tertiary/aromatic N) is 2. The number of aromatic amines is 1. The van der Waals surface area contributed by atoms with E-state index in [4.69, 9.17) is 4.98 Å². The zero-order valence-corrected chi connectivity index (χ0v) is 11.0. The molecule has 3 rings (SSSR count). The highest BCUT2D eigenvalue weighted by molar-refractivity contribution is 5.87. The molecule has 1 saturated carbocycles. The maximum Gasteiger partial charge on any atom is 0.143 e. The van der Waals surface area contributed by atoms with Gasteiger partial charge in [-0.1, -0.05) is 20.3 Å². The lowest BCUT2D eigenvalue weighted by Crippen LogP contribution is -2.08. The van der Waals surface area contributed by atoms with Crippen molar-refractivity contribution in [3.05, 3.63) is 18.1 Å². The van der Waals surface area contributed by atoms with Crippen LogP contribution in [0.4, 0.5) is 5.82 Å². The van der Waals surface area contributed by atoms with Gasteiger partial charge in [-0.25, -0.2) is 9.97 Å². The average molecular weight is 244 g/mol. The molecule has 0 aromatic carbocycles. The Kier molecular flexibility index (Phi) is 2.94. The molecule has 0 aliphatic heterocycles. The normalized spacial score (nSPS) is 17.0. The van der Waals surface area contributed by atoms with E-state index in [1.54, 1.807) is 0 Å². The predicted molar refractivity (Wildman–Crippen MR) is 73.9 cm³/mol. The number of fused-ring (bicyclic) bond motifs is 1. The van der Waals surface area contributed by atoms with E-state index in [0.717, 1.165) is 29.1 Å². The van der Waals surface area contributed by atoms with Crippen LogP contribution in [0.2, 0.25) is 0 Å². The van der Waals surface area contributed by atoms with Crippen LogP contribution in [-0.2, 0) is 0 Å². The van der Waals surface area contributed by atoms with E-state index < -0.39 is 0 Å². The number of nitrogens with one attached hydrogen (secondary N) is 2. The maximum atomic E-state index is 4.73. The Labute approximate surface area is 107 Å². The summed E-state index contributed by atoms with van der Waals surface area (Å²) in [4.78, 5) is 12.6. The largest absolute Gasteiger partial charge is 0.367 e. The smallest absolute Gasteiger partial charge is 0.143 e. The van der Waals surface area contributed by atoms with Gasteiger partial charge in [0.2, 0.25) is 0 Å². The Hall–Kier alpha value is -1.58. The monoisotopic (exact) mass is 244 g/mol. The highest BCUT2D eigenvalue weighted by Crippen LogP contribution is 2.29. The summed E-state index contributed by atoms with van der Waals surface area (Å²) in [6, 6.07) is 2.67. The van der Waals surface area contributed by atoms with E-state index >= 15 is 0 Å². The quantitative estimate of drug-likeness (QED) is 0.847. The third-order valence-electron chi connectivity index (χ3n) is 3.51. The summed E-state index contributed by atoms with van der Waals surface area (Å²) in [5.74, 6) is 2.37. The Morgan fingerprint density at radius 1 is 1.44 bits per heavy atom. The van der Waals surface area contributed by atoms with E-state index in [0.29, 0.717) is 12.0 Å². The van der Waals surface area contributed by atoms with Gasteiger partial charge in [-0.05, 0) is 25.3 Å². The van der Waals surface area contributed by atoms with E-state index in [9.17, 15) is 0 Å². The SMILES string of the molecule is CCCC(C)c1nc(NC2CC2)c2cc[nH]c2n1. The van der Waals surface area contributed by atoms with Gasteiger partial charge in [-0.3, -0.25) is 0 Å². The molecule has 1 aliphatic rings. The van der Waals surface area contributed by atoms with Gasteiger partial charge in [0, 0.05) is 18.2 Å². The Bertz CT molecular complexity index is 542. The van der Waals surface area contributed by atoms with Crippen molar-refractivity contribution in [3.8, 4) is 0 Å². The number of anilines is 1. The fraction of sp³-hybridized carbons (Fsp3) is 0.571. The summed E-state index contributed by atoms with van der Waals surface area (Å²) in [6.45, 7) is 4.40. The lowest BCUT2D eigenvalue weighted by molar-refractivity contribution is 0.629. The van der Waals surface area contributed by atoms with Crippen molar-refractivity contribution < 1.29 is 0 Å². The van der Waals surface area contributed by atoms with Crippen molar-refractivity contribution in [1.29, 1.82) is 0 Å². The molecule has 1 unspecified atom stereocenters. The van der Waals surface area contributed by atoms with E-state index in [2.05, 4.69) is 29.1 Å². The van der Waals surface area contributed by atoms with E-state index in [1.165, 1.54) is 19.3 Å². The number of hydrogen-bond donors (Lipinski definition) is 2. The summed E-state index contributed by atoms with van der Waals surface area (Å²) >= 11 is 0. The molecule has 2 aromatic heterocycles. The van der Waals surface area contributed by atoms with Crippen LogP contribution in [0, 0.1) is 0 Å². The number of H-pyrrole nitrogens is 1. The molecule has 4 nitrogen and oxygen atoms in total. The molecule has 2 aromatic rings. The van der Waals surface area contributed by atoms with Gasteiger partial charge < -0.3 is 10.3 Å². The minimum atomic E-state index is 0.419. The highest BCUT2D eigenvalue weighted by atomic mass is 15.1. The minimum absolute atomic E-state index is 0.419. The number of aromatic nitrogens is 3. The van der Waals surface area contributed by atoms with Crippen molar-refractivity contribution in [3.63, 3.8) is 0 Å². The zero-order chi connectivity index (χ0) is 12.5. The van der Waals surface area contributed by atoms with Crippen LogP contribution in [0.3, 0.4) is 0 Å². The number of rotatable bonds is 5. The first kappa shape index (κ1) is 11.5. The van der Waals surface area contributed by atoms with Crippen LogP contribution < -0.4 is 5.32 Å². The topological polar surface area (TPSA) is 53.6 Å². The van der Waals surface area contributed by atoms with Crippen molar-refractivity contribution in [2.75, 3.05) is 5.32 Å². The Balaban J connectivity index is 1.98. The molecule has 4 heteroatoms. The summed E-state index contributed by atoms with van der Waals surface area (Å²) in [7, 11) is 0. The predicted octanol–water partition coefficient (Wildman–Crippen LogP) is 3.44. The standard InChI is InChI=1S/C14H20N4/c1-3-4-9(2)12-17-13-11(7-8-15-13)14(18-12)16-10-5-6-10/h7-10H,3-6H2,1-2H3,(H2,15,16,17,18). The van der Waals surface area contributed by atoms with Crippen LogP contribution >= 0.6 is 0 Å². The second-order valence-corrected chi connectivity index (χ2v) is 5.28. The molecular formula is C14H20N4. The Morgan fingerprint density at radius 3 is 3.00 bits per heavy atom.